The molecule has 0 aromatic heterocycles. The number of anilines is 1. The predicted molar refractivity (Wildman–Crippen MR) is 80.8 cm³/mol. The molecule has 0 aliphatic heterocycles. The molecule has 1 atom stereocenters. The maximum Gasteiger partial charge on any atom is 0.337 e. The van der Waals surface area contributed by atoms with Crippen LogP contribution < -0.4 is 4.90 Å². The quantitative estimate of drug-likeness (QED) is 0.614. The maximum atomic E-state index is 12.3. The van der Waals surface area contributed by atoms with Crippen molar-refractivity contribution in [3.05, 3.63) is 29.8 Å². The fourth-order valence-corrected chi connectivity index (χ4v) is 1.85. The Hall–Kier alpha value is -2.02. The van der Waals surface area contributed by atoms with E-state index in [0.717, 1.165) is 4.90 Å². The molecule has 0 spiro atoms. The van der Waals surface area contributed by atoms with Gasteiger partial charge in [0.15, 0.2) is 0 Å². The summed E-state index contributed by atoms with van der Waals surface area (Å²) >= 11 is 4.05. The van der Waals surface area contributed by atoms with E-state index in [9.17, 15) is 14.4 Å². The van der Waals surface area contributed by atoms with E-state index >= 15 is 0 Å². The van der Waals surface area contributed by atoms with Crippen molar-refractivity contribution in [2.45, 2.75) is 6.92 Å². The van der Waals surface area contributed by atoms with Gasteiger partial charge in [-0.25, -0.2) is 4.79 Å². The van der Waals surface area contributed by atoms with Crippen LogP contribution >= 0.6 is 12.6 Å². The SMILES string of the molecule is COC(=O)c1cccc(N(CC(=O)O)C(=O)[C@H](C)CS)c1. The summed E-state index contributed by atoms with van der Waals surface area (Å²) < 4.78 is 4.61. The lowest BCUT2D eigenvalue weighted by Crippen LogP contribution is -2.39. The van der Waals surface area contributed by atoms with Gasteiger partial charge in [-0.15, -0.1) is 0 Å². The van der Waals surface area contributed by atoms with Gasteiger partial charge in [0.1, 0.15) is 6.54 Å². The summed E-state index contributed by atoms with van der Waals surface area (Å²) in [6.07, 6.45) is 0. The predicted octanol–water partition coefficient (Wildman–Crippen LogP) is 1.46. The van der Waals surface area contributed by atoms with E-state index in [4.69, 9.17) is 5.11 Å². The Morgan fingerprint density at radius 1 is 1.38 bits per heavy atom. The summed E-state index contributed by atoms with van der Waals surface area (Å²) in [6, 6.07) is 6.09. The molecular weight excluding hydrogens is 294 g/mol. The van der Waals surface area contributed by atoms with Crippen molar-refractivity contribution < 1.29 is 24.2 Å². The Kier molecular flexibility index (Phi) is 6.23. The fraction of sp³-hybridized carbons (Fsp3) is 0.357. The molecule has 1 rings (SSSR count). The first-order valence-electron chi connectivity index (χ1n) is 6.23. The Morgan fingerprint density at radius 2 is 2.05 bits per heavy atom. The van der Waals surface area contributed by atoms with Crippen LogP contribution in [0.25, 0.3) is 0 Å². The second kappa shape index (κ2) is 7.68. The Bertz CT molecular complexity index is 546. The van der Waals surface area contributed by atoms with Crippen molar-refractivity contribution in [2.24, 2.45) is 5.92 Å². The highest BCUT2D eigenvalue weighted by Gasteiger charge is 2.24. The number of esters is 1. The van der Waals surface area contributed by atoms with Crippen LogP contribution in [0.15, 0.2) is 24.3 Å². The summed E-state index contributed by atoms with van der Waals surface area (Å²) in [7, 11) is 1.25. The first-order valence-corrected chi connectivity index (χ1v) is 6.86. The zero-order valence-electron chi connectivity index (χ0n) is 11.8. The molecule has 1 aromatic carbocycles. The molecule has 0 aliphatic carbocycles. The number of ether oxygens (including phenoxy) is 1. The lowest BCUT2D eigenvalue weighted by atomic mass is 10.1. The van der Waals surface area contributed by atoms with Crippen LogP contribution in [-0.4, -0.2) is 42.4 Å². The number of amides is 1. The van der Waals surface area contributed by atoms with Crippen molar-refractivity contribution in [3.8, 4) is 0 Å². The molecule has 0 unspecified atom stereocenters. The van der Waals surface area contributed by atoms with Gasteiger partial charge in [0.25, 0.3) is 0 Å². The summed E-state index contributed by atoms with van der Waals surface area (Å²) in [6.45, 7) is 1.18. The zero-order chi connectivity index (χ0) is 16.0. The first kappa shape index (κ1) is 17.0. The third-order valence-corrected chi connectivity index (χ3v) is 3.38. The van der Waals surface area contributed by atoms with Crippen LogP contribution in [0, 0.1) is 5.92 Å². The number of aliphatic carboxylic acids is 1. The molecule has 114 valence electrons. The standard InChI is InChI=1S/C14H17NO5S/c1-9(8-21)13(18)15(7-12(16)17)11-5-3-4-10(6-11)14(19)20-2/h3-6,9,21H,7-8H2,1-2H3,(H,16,17)/t9-/m1/s1. The number of carboxylic acids is 1. The van der Waals surface area contributed by atoms with Crippen LogP contribution in [-0.2, 0) is 14.3 Å². The minimum atomic E-state index is -1.14. The zero-order valence-corrected chi connectivity index (χ0v) is 12.7. The number of methoxy groups -OCH3 is 1. The van der Waals surface area contributed by atoms with E-state index < -0.39 is 24.4 Å². The second-order valence-electron chi connectivity index (χ2n) is 4.44. The van der Waals surface area contributed by atoms with Gasteiger partial charge in [0.05, 0.1) is 12.7 Å². The van der Waals surface area contributed by atoms with Crippen LogP contribution in [0.3, 0.4) is 0 Å². The van der Waals surface area contributed by atoms with Crippen LogP contribution in [0.4, 0.5) is 5.69 Å². The number of nitrogens with zero attached hydrogens (tertiary/aromatic N) is 1. The summed E-state index contributed by atoms with van der Waals surface area (Å²) in [5, 5.41) is 8.97. The average Bonchev–Trinajstić information content (AvgIpc) is 2.50. The maximum absolute atomic E-state index is 12.3. The third kappa shape index (κ3) is 4.49. The molecule has 0 saturated carbocycles. The molecule has 0 aliphatic rings. The Morgan fingerprint density at radius 3 is 2.57 bits per heavy atom. The molecule has 7 heteroatoms. The van der Waals surface area contributed by atoms with E-state index in [1.807, 2.05) is 0 Å². The van der Waals surface area contributed by atoms with Gasteiger partial charge in [-0.1, -0.05) is 13.0 Å². The van der Waals surface area contributed by atoms with E-state index in [1.165, 1.54) is 19.2 Å². The summed E-state index contributed by atoms with van der Waals surface area (Å²) in [5.74, 6) is -2.20. The molecule has 1 amide bonds. The molecule has 0 radical (unpaired) electrons. The second-order valence-corrected chi connectivity index (χ2v) is 4.81. The number of thiol groups is 1. The minimum Gasteiger partial charge on any atom is -0.480 e. The molecule has 0 heterocycles. The van der Waals surface area contributed by atoms with E-state index in [1.54, 1.807) is 19.1 Å². The number of carbonyl (C=O) groups excluding carboxylic acids is 2. The smallest absolute Gasteiger partial charge is 0.337 e. The monoisotopic (exact) mass is 311 g/mol. The highest BCUT2D eigenvalue weighted by molar-refractivity contribution is 7.80. The lowest BCUT2D eigenvalue weighted by molar-refractivity contribution is -0.137. The fourth-order valence-electron chi connectivity index (χ4n) is 1.69. The molecule has 1 aromatic rings. The first-order chi connectivity index (χ1) is 9.90. The summed E-state index contributed by atoms with van der Waals surface area (Å²) in [4.78, 5) is 35.9. The lowest BCUT2D eigenvalue weighted by Gasteiger charge is -2.24. The Labute approximate surface area is 128 Å². The van der Waals surface area contributed by atoms with Crippen molar-refractivity contribution in [2.75, 3.05) is 24.3 Å². The number of rotatable bonds is 6. The van der Waals surface area contributed by atoms with Gasteiger partial charge in [0, 0.05) is 17.4 Å². The minimum absolute atomic E-state index is 0.247. The molecule has 1 N–H and O–H groups in total. The largest absolute Gasteiger partial charge is 0.480 e. The normalized spacial score (nSPS) is 11.6. The van der Waals surface area contributed by atoms with Crippen LogP contribution in [0.1, 0.15) is 17.3 Å². The van der Waals surface area contributed by atoms with Gasteiger partial charge in [-0.3, -0.25) is 9.59 Å². The van der Waals surface area contributed by atoms with Gasteiger partial charge >= 0.3 is 11.9 Å². The molecule has 6 nitrogen and oxygen atoms in total. The average molecular weight is 311 g/mol. The van der Waals surface area contributed by atoms with Crippen molar-refractivity contribution in [1.29, 1.82) is 0 Å². The molecule has 0 fully saturated rings. The molecule has 0 bridgehead atoms. The van der Waals surface area contributed by atoms with Crippen LogP contribution in [0.2, 0.25) is 0 Å². The van der Waals surface area contributed by atoms with Crippen molar-refractivity contribution in [1.82, 2.24) is 0 Å². The van der Waals surface area contributed by atoms with Gasteiger partial charge < -0.3 is 14.7 Å². The topological polar surface area (TPSA) is 83.9 Å². The highest BCUT2D eigenvalue weighted by atomic mass is 32.1. The number of hydrogen-bond donors (Lipinski definition) is 2. The highest BCUT2D eigenvalue weighted by Crippen LogP contribution is 2.19. The number of carboxylic acid groups (broad SMARTS) is 1. The van der Waals surface area contributed by atoms with Gasteiger partial charge in [-0.05, 0) is 18.2 Å². The van der Waals surface area contributed by atoms with Crippen molar-refractivity contribution >= 4 is 36.2 Å². The Balaban J connectivity index is 3.17. The van der Waals surface area contributed by atoms with Crippen LogP contribution in [0.5, 0.6) is 0 Å². The number of carbonyl (C=O) groups is 3. The molecule has 0 saturated heterocycles. The molecular formula is C14H17NO5S. The van der Waals surface area contributed by atoms with Crippen molar-refractivity contribution in [3.63, 3.8) is 0 Å². The third-order valence-electron chi connectivity index (χ3n) is 2.83. The van der Waals surface area contributed by atoms with Gasteiger partial charge in [0.2, 0.25) is 5.91 Å². The number of benzene rings is 1. The van der Waals surface area contributed by atoms with E-state index in [-0.39, 0.29) is 11.5 Å². The summed E-state index contributed by atoms with van der Waals surface area (Å²) in [5.41, 5.74) is 0.579. The van der Waals surface area contributed by atoms with Gasteiger partial charge in [-0.2, -0.15) is 12.6 Å². The van der Waals surface area contributed by atoms with E-state index in [2.05, 4.69) is 17.4 Å². The van der Waals surface area contributed by atoms with E-state index in [0.29, 0.717) is 11.4 Å². The molecule has 21 heavy (non-hydrogen) atoms. The number of hydrogen-bond acceptors (Lipinski definition) is 5.